The lowest BCUT2D eigenvalue weighted by atomic mass is 10.1. The van der Waals surface area contributed by atoms with Crippen LogP contribution >= 0.6 is 0 Å². The third-order valence-electron chi connectivity index (χ3n) is 2.70. The van der Waals surface area contributed by atoms with Crippen molar-refractivity contribution in [1.82, 2.24) is 10.3 Å². The normalized spacial score (nSPS) is 19.9. The standard InChI is InChI=1S/C12H18N2O2/c1-13-7-11-3-2-5-14-12(11)16-9-10-4-6-15-8-10/h2-3,5,10,13H,4,6-9H2,1H3. The SMILES string of the molecule is CNCc1cccnc1OCC1CCOC1. The number of pyridine rings is 1. The van der Waals surface area contributed by atoms with E-state index in [1.54, 1.807) is 6.20 Å². The molecule has 1 fully saturated rings. The molecule has 1 aromatic heterocycles. The molecule has 1 saturated heterocycles. The number of hydrogen-bond acceptors (Lipinski definition) is 4. The van der Waals surface area contributed by atoms with Crippen molar-refractivity contribution in [2.45, 2.75) is 13.0 Å². The molecular formula is C12H18N2O2. The smallest absolute Gasteiger partial charge is 0.217 e. The molecule has 1 aliphatic rings. The highest BCUT2D eigenvalue weighted by molar-refractivity contribution is 5.25. The van der Waals surface area contributed by atoms with Gasteiger partial charge in [-0.25, -0.2) is 4.98 Å². The van der Waals surface area contributed by atoms with E-state index >= 15 is 0 Å². The van der Waals surface area contributed by atoms with Crippen molar-refractivity contribution in [3.05, 3.63) is 23.9 Å². The van der Waals surface area contributed by atoms with E-state index in [4.69, 9.17) is 9.47 Å². The first kappa shape index (κ1) is 11.4. The van der Waals surface area contributed by atoms with Gasteiger partial charge in [-0.3, -0.25) is 0 Å². The van der Waals surface area contributed by atoms with E-state index in [0.717, 1.165) is 37.6 Å². The summed E-state index contributed by atoms with van der Waals surface area (Å²) >= 11 is 0. The molecule has 16 heavy (non-hydrogen) atoms. The van der Waals surface area contributed by atoms with Crippen LogP contribution in [0.5, 0.6) is 5.88 Å². The van der Waals surface area contributed by atoms with Gasteiger partial charge in [-0.15, -0.1) is 0 Å². The maximum absolute atomic E-state index is 5.74. The van der Waals surface area contributed by atoms with Crippen LogP contribution in [0.3, 0.4) is 0 Å². The average Bonchev–Trinajstić information content (AvgIpc) is 2.81. The molecule has 1 atom stereocenters. The third kappa shape index (κ3) is 2.93. The first-order valence-corrected chi connectivity index (χ1v) is 5.69. The third-order valence-corrected chi connectivity index (χ3v) is 2.70. The van der Waals surface area contributed by atoms with Gasteiger partial charge in [-0.1, -0.05) is 6.07 Å². The predicted octanol–water partition coefficient (Wildman–Crippen LogP) is 1.22. The van der Waals surface area contributed by atoms with Crippen LogP contribution in [0.4, 0.5) is 0 Å². The molecule has 0 aliphatic carbocycles. The minimum atomic E-state index is 0.518. The Hall–Kier alpha value is -1.13. The Morgan fingerprint density at radius 1 is 1.62 bits per heavy atom. The molecule has 1 unspecified atom stereocenters. The zero-order valence-corrected chi connectivity index (χ0v) is 9.61. The summed E-state index contributed by atoms with van der Waals surface area (Å²) in [5.74, 6) is 1.26. The van der Waals surface area contributed by atoms with Gasteiger partial charge in [0.15, 0.2) is 0 Å². The molecule has 0 saturated carbocycles. The van der Waals surface area contributed by atoms with E-state index in [9.17, 15) is 0 Å². The van der Waals surface area contributed by atoms with Crippen molar-refractivity contribution in [1.29, 1.82) is 0 Å². The topological polar surface area (TPSA) is 43.4 Å². The van der Waals surface area contributed by atoms with Crippen molar-refractivity contribution >= 4 is 0 Å². The molecule has 88 valence electrons. The van der Waals surface area contributed by atoms with Gasteiger partial charge in [-0.2, -0.15) is 0 Å². The van der Waals surface area contributed by atoms with Gasteiger partial charge in [0, 0.05) is 30.8 Å². The zero-order valence-electron chi connectivity index (χ0n) is 9.61. The van der Waals surface area contributed by atoms with Gasteiger partial charge in [0.1, 0.15) is 0 Å². The number of rotatable bonds is 5. The monoisotopic (exact) mass is 222 g/mol. The van der Waals surface area contributed by atoms with Gasteiger partial charge in [0.05, 0.1) is 13.2 Å². The van der Waals surface area contributed by atoms with E-state index in [2.05, 4.69) is 10.3 Å². The first-order valence-electron chi connectivity index (χ1n) is 5.69. The minimum absolute atomic E-state index is 0.518. The number of nitrogens with zero attached hydrogens (tertiary/aromatic N) is 1. The Kier molecular flexibility index (Phi) is 4.13. The summed E-state index contributed by atoms with van der Waals surface area (Å²) in [5, 5.41) is 3.11. The van der Waals surface area contributed by atoms with Crippen molar-refractivity contribution in [3.63, 3.8) is 0 Å². The minimum Gasteiger partial charge on any atom is -0.477 e. The lowest BCUT2D eigenvalue weighted by molar-refractivity contribution is 0.165. The van der Waals surface area contributed by atoms with Crippen LogP contribution in [0.1, 0.15) is 12.0 Å². The molecule has 0 amide bonds. The average molecular weight is 222 g/mol. The number of nitrogens with one attached hydrogen (secondary N) is 1. The molecule has 0 aromatic carbocycles. The van der Waals surface area contributed by atoms with E-state index < -0.39 is 0 Å². The van der Waals surface area contributed by atoms with Gasteiger partial charge >= 0.3 is 0 Å². The van der Waals surface area contributed by atoms with Gasteiger partial charge in [0.25, 0.3) is 0 Å². The molecule has 2 heterocycles. The van der Waals surface area contributed by atoms with Crippen molar-refractivity contribution in [2.24, 2.45) is 5.92 Å². The first-order chi connectivity index (χ1) is 7.90. The zero-order chi connectivity index (χ0) is 11.2. The number of hydrogen-bond donors (Lipinski definition) is 1. The number of ether oxygens (including phenoxy) is 2. The number of aromatic nitrogens is 1. The van der Waals surface area contributed by atoms with Crippen LogP contribution in [0.25, 0.3) is 0 Å². The summed E-state index contributed by atoms with van der Waals surface area (Å²) in [4.78, 5) is 4.26. The van der Waals surface area contributed by atoms with E-state index in [1.807, 2.05) is 19.2 Å². The Morgan fingerprint density at radius 3 is 3.31 bits per heavy atom. The van der Waals surface area contributed by atoms with Crippen LogP contribution in [-0.2, 0) is 11.3 Å². The summed E-state index contributed by atoms with van der Waals surface area (Å²) in [5.41, 5.74) is 1.10. The summed E-state index contributed by atoms with van der Waals surface area (Å²) < 4.78 is 11.1. The summed E-state index contributed by atoms with van der Waals surface area (Å²) in [7, 11) is 1.92. The van der Waals surface area contributed by atoms with Crippen molar-refractivity contribution in [2.75, 3.05) is 26.9 Å². The Labute approximate surface area is 96.0 Å². The van der Waals surface area contributed by atoms with Crippen molar-refractivity contribution in [3.8, 4) is 5.88 Å². The van der Waals surface area contributed by atoms with Crippen molar-refractivity contribution < 1.29 is 9.47 Å². The van der Waals surface area contributed by atoms with Gasteiger partial charge in [-0.05, 0) is 19.5 Å². The second kappa shape index (κ2) is 5.82. The van der Waals surface area contributed by atoms with Crippen LogP contribution in [0.2, 0.25) is 0 Å². The molecule has 0 radical (unpaired) electrons. The largest absolute Gasteiger partial charge is 0.477 e. The Balaban J connectivity index is 1.91. The van der Waals surface area contributed by atoms with Crippen LogP contribution in [0.15, 0.2) is 18.3 Å². The fourth-order valence-corrected chi connectivity index (χ4v) is 1.79. The van der Waals surface area contributed by atoms with E-state index in [0.29, 0.717) is 12.5 Å². The van der Waals surface area contributed by atoms with E-state index in [1.165, 1.54) is 0 Å². The molecular weight excluding hydrogens is 204 g/mol. The second-order valence-corrected chi connectivity index (χ2v) is 4.04. The molecule has 0 bridgehead atoms. The fourth-order valence-electron chi connectivity index (χ4n) is 1.79. The van der Waals surface area contributed by atoms with Crippen LogP contribution in [0, 0.1) is 5.92 Å². The Bertz CT molecular complexity index is 325. The highest BCUT2D eigenvalue weighted by Gasteiger charge is 2.17. The van der Waals surface area contributed by atoms with Crippen LogP contribution in [-0.4, -0.2) is 31.9 Å². The predicted molar refractivity (Wildman–Crippen MR) is 61.4 cm³/mol. The fraction of sp³-hybridized carbons (Fsp3) is 0.583. The Morgan fingerprint density at radius 2 is 2.56 bits per heavy atom. The molecule has 1 N–H and O–H groups in total. The van der Waals surface area contributed by atoms with Gasteiger partial charge < -0.3 is 14.8 Å². The molecule has 0 spiro atoms. The molecule has 4 heteroatoms. The summed E-state index contributed by atoms with van der Waals surface area (Å²) in [6, 6.07) is 3.96. The second-order valence-electron chi connectivity index (χ2n) is 4.04. The molecule has 1 aliphatic heterocycles. The maximum atomic E-state index is 5.74. The highest BCUT2D eigenvalue weighted by atomic mass is 16.5. The maximum Gasteiger partial charge on any atom is 0.217 e. The lowest BCUT2D eigenvalue weighted by Crippen LogP contribution is -2.14. The molecule has 1 aromatic rings. The molecule has 4 nitrogen and oxygen atoms in total. The van der Waals surface area contributed by atoms with E-state index in [-0.39, 0.29) is 0 Å². The lowest BCUT2D eigenvalue weighted by Gasteiger charge is -2.12. The molecule has 2 rings (SSSR count). The quantitative estimate of drug-likeness (QED) is 0.813. The summed E-state index contributed by atoms with van der Waals surface area (Å²) in [6.07, 6.45) is 2.85. The van der Waals surface area contributed by atoms with Gasteiger partial charge in [0.2, 0.25) is 5.88 Å². The summed E-state index contributed by atoms with van der Waals surface area (Å²) in [6.45, 7) is 3.16. The van der Waals surface area contributed by atoms with Crippen LogP contribution < -0.4 is 10.1 Å². The highest BCUT2D eigenvalue weighted by Crippen LogP contribution is 2.17.